The van der Waals surface area contributed by atoms with Crippen molar-refractivity contribution in [3.05, 3.63) is 28.7 Å². The van der Waals surface area contributed by atoms with Crippen molar-refractivity contribution in [3.8, 4) is 0 Å². The van der Waals surface area contributed by atoms with Crippen molar-refractivity contribution in [2.45, 2.75) is 13.3 Å². The Morgan fingerprint density at radius 2 is 2.06 bits per heavy atom. The van der Waals surface area contributed by atoms with E-state index in [1.165, 1.54) is 0 Å². The summed E-state index contributed by atoms with van der Waals surface area (Å²) in [6.45, 7) is 1.71. The lowest BCUT2D eigenvalue weighted by molar-refractivity contribution is -0.115. The third-order valence-electron chi connectivity index (χ3n) is 1.90. The van der Waals surface area contributed by atoms with Gasteiger partial charge in [0, 0.05) is 15.9 Å². The molecule has 0 aliphatic carbocycles. The highest BCUT2D eigenvalue weighted by molar-refractivity contribution is 9.10. The van der Waals surface area contributed by atoms with E-state index in [9.17, 15) is 4.79 Å². The van der Waals surface area contributed by atoms with Crippen molar-refractivity contribution in [2.75, 3.05) is 5.32 Å². The predicted molar refractivity (Wildman–Crippen MR) is 80.4 cm³/mol. The topological polar surface area (TPSA) is 79.5 Å². The molecule has 0 heterocycles. The smallest absolute Gasteiger partial charge is 0.230 e. The molecule has 18 heavy (non-hydrogen) atoms. The number of halogens is 1. The second-order valence-corrected chi connectivity index (χ2v) is 4.91. The summed E-state index contributed by atoms with van der Waals surface area (Å²) in [6, 6.07) is 7.32. The van der Waals surface area contributed by atoms with E-state index < -0.39 is 0 Å². The third-order valence-corrected chi connectivity index (χ3v) is 2.52. The number of nitrogens with two attached hydrogens (primary N) is 1. The molecule has 0 saturated carbocycles. The molecule has 1 amide bonds. The van der Waals surface area contributed by atoms with Crippen LogP contribution >= 0.6 is 28.1 Å². The van der Waals surface area contributed by atoms with E-state index in [4.69, 9.17) is 5.73 Å². The number of hydrogen-bond donors (Lipinski definition) is 3. The van der Waals surface area contributed by atoms with Gasteiger partial charge in [-0.2, -0.15) is 5.10 Å². The highest BCUT2D eigenvalue weighted by Crippen LogP contribution is 2.14. The first-order chi connectivity index (χ1) is 8.47. The van der Waals surface area contributed by atoms with E-state index in [0.29, 0.717) is 5.71 Å². The summed E-state index contributed by atoms with van der Waals surface area (Å²) in [7, 11) is 0. The Hall–Kier alpha value is -1.47. The number of anilines is 1. The van der Waals surface area contributed by atoms with Gasteiger partial charge in [0.1, 0.15) is 0 Å². The molecule has 96 valence electrons. The van der Waals surface area contributed by atoms with Crippen LogP contribution in [0.15, 0.2) is 33.8 Å². The lowest BCUT2D eigenvalue weighted by Crippen LogP contribution is -2.26. The molecule has 0 radical (unpaired) electrons. The summed E-state index contributed by atoms with van der Waals surface area (Å²) >= 11 is 7.92. The molecule has 0 aliphatic rings. The molecule has 5 nitrogen and oxygen atoms in total. The van der Waals surface area contributed by atoms with Crippen molar-refractivity contribution in [3.63, 3.8) is 0 Å². The van der Waals surface area contributed by atoms with E-state index in [-0.39, 0.29) is 17.4 Å². The Labute approximate surface area is 119 Å². The van der Waals surface area contributed by atoms with E-state index >= 15 is 0 Å². The van der Waals surface area contributed by atoms with Crippen molar-refractivity contribution in [1.29, 1.82) is 0 Å². The van der Waals surface area contributed by atoms with Crippen LogP contribution in [-0.2, 0) is 4.79 Å². The number of hydrazone groups is 1. The van der Waals surface area contributed by atoms with E-state index in [0.717, 1.165) is 10.2 Å². The number of rotatable bonds is 4. The average Bonchev–Trinajstić information content (AvgIpc) is 2.29. The van der Waals surface area contributed by atoms with Crippen LogP contribution in [0.1, 0.15) is 13.3 Å². The Morgan fingerprint density at radius 3 is 2.61 bits per heavy atom. The summed E-state index contributed by atoms with van der Waals surface area (Å²) in [5, 5.41) is 6.68. The third kappa shape index (κ3) is 5.74. The Balaban J connectivity index is 2.49. The molecule has 0 bridgehead atoms. The molecule has 0 saturated heterocycles. The van der Waals surface area contributed by atoms with Crippen LogP contribution in [0.4, 0.5) is 5.69 Å². The van der Waals surface area contributed by atoms with Gasteiger partial charge in [-0.15, -0.1) is 0 Å². The van der Waals surface area contributed by atoms with Crippen LogP contribution in [-0.4, -0.2) is 16.7 Å². The van der Waals surface area contributed by atoms with Crippen LogP contribution in [0.5, 0.6) is 0 Å². The average molecular weight is 329 g/mol. The Morgan fingerprint density at radius 1 is 1.44 bits per heavy atom. The summed E-state index contributed by atoms with van der Waals surface area (Å²) < 4.78 is 0.957. The lowest BCUT2D eigenvalue weighted by atomic mass is 10.2. The zero-order chi connectivity index (χ0) is 13.5. The van der Waals surface area contributed by atoms with Gasteiger partial charge in [0.2, 0.25) is 5.91 Å². The molecule has 1 aromatic carbocycles. The molecule has 1 rings (SSSR count). The quantitative estimate of drug-likeness (QED) is 0.448. The summed E-state index contributed by atoms with van der Waals surface area (Å²) in [4.78, 5) is 11.7. The van der Waals surface area contributed by atoms with Gasteiger partial charge in [0.05, 0.1) is 6.42 Å². The number of amides is 1. The summed E-state index contributed by atoms with van der Waals surface area (Å²) in [5.74, 6) is -0.150. The minimum Gasteiger partial charge on any atom is -0.375 e. The zero-order valence-corrected chi connectivity index (χ0v) is 12.1. The van der Waals surface area contributed by atoms with Crippen LogP contribution in [0.25, 0.3) is 0 Å². The van der Waals surface area contributed by atoms with Crippen molar-refractivity contribution >= 4 is 50.6 Å². The first-order valence-electron chi connectivity index (χ1n) is 5.11. The Bertz CT molecular complexity index is 472. The molecule has 0 aliphatic heterocycles. The van der Waals surface area contributed by atoms with Gasteiger partial charge >= 0.3 is 0 Å². The monoisotopic (exact) mass is 328 g/mol. The van der Waals surface area contributed by atoms with Gasteiger partial charge in [-0.25, -0.2) is 0 Å². The second-order valence-electron chi connectivity index (χ2n) is 3.55. The van der Waals surface area contributed by atoms with Gasteiger partial charge in [-0.1, -0.05) is 15.9 Å². The van der Waals surface area contributed by atoms with Gasteiger partial charge in [-0.05, 0) is 43.4 Å². The van der Waals surface area contributed by atoms with Gasteiger partial charge in [0.15, 0.2) is 5.11 Å². The van der Waals surface area contributed by atoms with E-state index in [1.807, 2.05) is 24.3 Å². The molecule has 7 heteroatoms. The molecule has 0 spiro atoms. The van der Waals surface area contributed by atoms with Gasteiger partial charge < -0.3 is 11.1 Å². The maximum Gasteiger partial charge on any atom is 0.230 e. The zero-order valence-electron chi connectivity index (χ0n) is 9.74. The maximum absolute atomic E-state index is 11.7. The molecule has 4 N–H and O–H groups in total. The number of benzene rings is 1. The van der Waals surface area contributed by atoms with Crippen LogP contribution in [0.3, 0.4) is 0 Å². The normalized spacial score (nSPS) is 10.9. The number of thiocarbonyl (C=S) groups is 1. The SMILES string of the molecule is C/C(CC(=O)Nc1ccc(Br)cc1)=N\NC(N)=S. The predicted octanol–water partition coefficient (Wildman–Crippen LogP) is 1.99. The van der Waals surface area contributed by atoms with Gasteiger partial charge in [-0.3, -0.25) is 10.2 Å². The largest absolute Gasteiger partial charge is 0.375 e. The number of hydrogen-bond acceptors (Lipinski definition) is 3. The highest BCUT2D eigenvalue weighted by Gasteiger charge is 2.04. The number of carbonyl (C=O) groups excluding carboxylic acids is 1. The van der Waals surface area contributed by atoms with Crippen molar-refractivity contribution in [2.24, 2.45) is 10.8 Å². The minimum absolute atomic E-state index is 0.0719. The fraction of sp³-hybridized carbons (Fsp3) is 0.182. The number of nitrogens with zero attached hydrogens (tertiary/aromatic N) is 1. The minimum atomic E-state index is -0.150. The Kier molecular flexibility index (Phi) is 5.73. The fourth-order valence-corrected chi connectivity index (χ4v) is 1.47. The van der Waals surface area contributed by atoms with Crippen molar-refractivity contribution < 1.29 is 4.79 Å². The lowest BCUT2D eigenvalue weighted by Gasteiger charge is -2.05. The summed E-state index contributed by atoms with van der Waals surface area (Å²) in [6.07, 6.45) is 0.172. The van der Waals surface area contributed by atoms with Crippen LogP contribution in [0.2, 0.25) is 0 Å². The molecule has 1 aromatic rings. The summed E-state index contributed by atoms with van der Waals surface area (Å²) in [5.41, 5.74) is 8.98. The maximum atomic E-state index is 11.7. The van der Waals surface area contributed by atoms with E-state index in [2.05, 4.69) is 44.0 Å². The molecule has 0 aromatic heterocycles. The standard InChI is InChI=1S/C11H13BrN4OS/c1-7(15-16-11(13)18)6-10(17)14-9-4-2-8(12)3-5-9/h2-5H,6H2,1H3,(H,14,17)(H3,13,16,18)/b15-7+. The fourth-order valence-electron chi connectivity index (χ4n) is 1.16. The molecular weight excluding hydrogens is 316 g/mol. The van der Waals surface area contributed by atoms with Gasteiger partial charge in [0.25, 0.3) is 0 Å². The first-order valence-corrected chi connectivity index (χ1v) is 6.31. The molecule has 0 fully saturated rings. The van der Waals surface area contributed by atoms with Crippen LogP contribution < -0.4 is 16.5 Å². The van der Waals surface area contributed by atoms with E-state index in [1.54, 1.807) is 6.92 Å². The van der Waals surface area contributed by atoms with Crippen LogP contribution in [0, 0.1) is 0 Å². The first kappa shape index (κ1) is 14.6. The molecule has 0 atom stereocenters. The number of carbonyl (C=O) groups is 1. The molecule has 0 unspecified atom stereocenters. The van der Waals surface area contributed by atoms with Crippen molar-refractivity contribution in [1.82, 2.24) is 5.43 Å². The number of nitrogens with one attached hydrogen (secondary N) is 2. The molecular formula is C11H13BrN4OS. The highest BCUT2D eigenvalue weighted by atomic mass is 79.9. The second kappa shape index (κ2) is 7.07.